The molecule has 0 bridgehead atoms. The van der Waals surface area contributed by atoms with E-state index in [2.05, 4.69) is 10.4 Å². The molecule has 0 saturated heterocycles. The smallest absolute Gasteiger partial charge is 0.142 e. The SMILES string of the molecule is COc1cccnc1C(NN)C1CCCCCC1. The molecule has 1 unspecified atom stereocenters. The minimum Gasteiger partial charge on any atom is -0.495 e. The zero-order valence-corrected chi connectivity index (χ0v) is 11.1. The topological polar surface area (TPSA) is 60.2 Å². The first-order chi connectivity index (χ1) is 8.86. The van der Waals surface area contributed by atoms with Crippen molar-refractivity contribution in [3.05, 3.63) is 24.0 Å². The van der Waals surface area contributed by atoms with Gasteiger partial charge in [0.2, 0.25) is 0 Å². The number of nitrogens with one attached hydrogen (secondary N) is 1. The average Bonchev–Trinajstić information content (AvgIpc) is 2.69. The molecule has 0 aliphatic heterocycles. The van der Waals surface area contributed by atoms with Crippen molar-refractivity contribution in [2.24, 2.45) is 11.8 Å². The van der Waals surface area contributed by atoms with Crippen LogP contribution in [-0.2, 0) is 0 Å². The van der Waals surface area contributed by atoms with Crippen molar-refractivity contribution in [3.63, 3.8) is 0 Å². The molecular weight excluding hydrogens is 226 g/mol. The van der Waals surface area contributed by atoms with Crippen molar-refractivity contribution in [1.82, 2.24) is 10.4 Å². The molecule has 1 aliphatic rings. The van der Waals surface area contributed by atoms with Crippen LogP contribution in [0.2, 0.25) is 0 Å². The average molecular weight is 249 g/mol. The highest BCUT2D eigenvalue weighted by Crippen LogP contribution is 2.35. The van der Waals surface area contributed by atoms with Gasteiger partial charge in [0.25, 0.3) is 0 Å². The second-order valence-electron chi connectivity index (χ2n) is 4.99. The Hall–Kier alpha value is -1.13. The van der Waals surface area contributed by atoms with Crippen LogP contribution < -0.4 is 16.0 Å². The van der Waals surface area contributed by atoms with Crippen molar-refractivity contribution < 1.29 is 4.74 Å². The van der Waals surface area contributed by atoms with E-state index in [1.54, 1.807) is 13.3 Å². The number of nitrogens with two attached hydrogens (primary N) is 1. The number of hydrogen-bond donors (Lipinski definition) is 2. The summed E-state index contributed by atoms with van der Waals surface area (Å²) in [4.78, 5) is 4.46. The fourth-order valence-corrected chi connectivity index (χ4v) is 2.89. The third kappa shape index (κ3) is 3.00. The van der Waals surface area contributed by atoms with Crippen molar-refractivity contribution in [3.8, 4) is 5.75 Å². The molecule has 1 aromatic rings. The molecule has 0 radical (unpaired) electrons. The Balaban J connectivity index is 2.20. The molecule has 0 spiro atoms. The number of methoxy groups -OCH3 is 1. The predicted molar refractivity (Wildman–Crippen MR) is 72.0 cm³/mol. The van der Waals surface area contributed by atoms with Gasteiger partial charge < -0.3 is 4.74 Å². The van der Waals surface area contributed by atoms with Gasteiger partial charge in [0.05, 0.1) is 13.2 Å². The summed E-state index contributed by atoms with van der Waals surface area (Å²) in [6, 6.07) is 3.94. The first kappa shape index (κ1) is 13.3. The third-order valence-corrected chi connectivity index (χ3v) is 3.87. The Morgan fingerprint density at radius 2 is 2.06 bits per heavy atom. The molecular formula is C14H23N3O. The lowest BCUT2D eigenvalue weighted by atomic mass is 9.89. The lowest BCUT2D eigenvalue weighted by Crippen LogP contribution is -2.34. The van der Waals surface area contributed by atoms with Crippen molar-refractivity contribution in [1.29, 1.82) is 0 Å². The van der Waals surface area contributed by atoms with Crippen molar-refractivity contribution >= 4 is 0 Å². The van der Waals surface area contributed by atoms with Crippen LogP contribution in [0, 0.1) is 5.92 Å². The highest BCUT2D eigenvalue weighted by molar-refractivity contribution is 5.29. The number of hydrogen-bond acceptors (Lipinski definition) is 4. The minimum atomic E-state index is 0.0965. The van der Waals surface area contributed by atoms with E-state index in [0.717, 1.165) is 11.4 Å². The summed E-state index contributed by atoms with van der Waals surface area (Å²) in [7, 11) is 1.68. The molecule has 4 nitrogen and oxygen atoms in total. The Labute approximate surface area is 109 Å². The molecule has 2 rings (SSSR count). The Morgan fingerprint density at radius 3 is 2.67 bits per heavy atom. The molecule has 0 amide bonds. The van der Waals surface area contributed by atoms with E-state index in [0.29, 0.717) is 5.92 Å². The summed E-state index contributed by atoms with van der Waals surface area (Å²) >= 11 is 0. The van der Waals surface area contributed by atoms with Crippen LogP contribution in [-0.4, -0.2) is 12.1 Å². The Bertz CT molecular complexity index is 362. The summed E-state index contributed by atoms with van der Waals surface area (Å²) < 4.78 is 5.39. The summed E-state index contributed by atoms with van der Waals surface area (Å²) in [6.07, 6.45) is 9.50. The fourth-order valence-electron chi connectivity index (χ4n) is 2.89. The molecule has 1 fully saturated rings. The van der Waals surface area contributed by atoms with Crippen molar-refractivity contribution in [2.75, 3.05) is 7.11 Å². The van der Waals surface area contributed by atoms with E-state index < -0.39 is 0 Å². The monoisotopic (exact) mass is 249 g/mol. The molecule has 1 saturated carbocycles. The van der Waals surface area contributed by atoms with E-state index in [1.165, 1.54) is 38.5 Å². The highest BCUT2D eigenvalue weighted by atomic mass is 16.5. The second-order valence-corrected chi connectivity index (χ2v) is 4.99. The number of ether oxygens (including phenoxy) is 1. The highest BCUT2D eigenvalue weighted by Gasteiger charge is 2.26. The summed E-state index contributed by atoms with van der Waals surface area (Å²) in [5.74, 6) is 7.15. The van der Waals surface area contributed by atoms with E-state index >= 15 is 0 Å². The first-order valence-electron chi connectivity index (χ1n) is 6.82. The van der Waals surface area contributed by atoms with Crippen LogP contribution in [0.15, 0.2) is 18.3 Å². The first-order valence-corrected chi connectivity index (χ1v) is 6.82. The van der Waals surface area contributed by atoms with Gasteiger partial charge in [-0.2, -0.15) is 0 Å². The van der Waals surface area contributed by atoms with Gasteiger partial charge in [-0.15, -0.1) is 0 Å². The zero-order chi connectivity index (χ0) is 12.8. The minimum absolute atomic E-state index is 0.0965. The molecule has 1 heterocycles. The number of rotatable bonds is 4. The van der Waals surface area contributed by atoms with E-state index in [1.807, 2.05) is 12.1 Å². The van der Waals surface area contributed by atoms with Crippen LogP contribution in [0.1, 0.15) is 50.3 Å². The largest absolute Gasteiger partial charge is 0.495 e. The molecule has 18 heavy (non-hydrogen) atoms. The third-order valence-electron chi connectivity index (χ3n) is 3.87. The van der Waals surface area contributed by atoms with E-state index in [-0.39, 0.29) is 6.04 Å². The maximum absolute atomic E-state index is 5.76. The number of pyridine rings is 1. The normalized spacial score (nSPS) is 19.2. The number of hydrazine groups is 1. The molecule has 1 aromatic heterocycles. The van der Waals surface area contributed by atoms with Crippen LogP contribution in [0.25, 0.3) is 0 Å². The van der Waals surface area contributed by atoms with Crippen LogP contribution in [0.4, 0.5) is 0 Å². The molecule has 1 atom stereocenters. The lowest BCUT2D eigenvalue weighted by molar-refractivity contribution is 0.309. The van der Waals surface area contributed by atoms with Gasteiger partial charge in [-0.3, -0.25) is 16.3 Å². The van der Waals surface area contributed by atoms with Crippen molar-refractivity contribution in [2.45, 2.75) is 44.6 Å². The maximum atomic E-state index is 5.76. The van der Waals surface area contributed by atoms with Gasteiger partial charge in [-0.1, -0.05) is 25.7 Å². The molecule has 1 aliphatic carbocycles. The van der Waals surface area contributed by atoms with Gasteiger partial charge in [0.15, 0.2) is 0 Å². The van der Waals surface area contributed by atoms with Gasteiger partial charge >= 0.3 is 0 Å². The Kier molecular flexibility index (Phi) is 4.96. The van der Waals surface area contributed by atoms with Gasteiger partial charge in [-0.25, -0.2) is 0 Å². The van der Waals surface area contributed by atoms with Crippen LogP contribution >= 0.6 is 0 Å². The molecule has 0 aromatic carbocycles. The lowest BCUT2D eigenvalue weighted by Gasteiger charge is -2.26. The Morgan fingerprint density at radius 1 is 1.33 bits per heavy atom. The predicted octanol–water partition coefficient (Wildman–Crippen LogP) is 2.57. The van der Waals surface area contributed by atoms with E-state index in [4.69, 9.17) is 10.6 Å². The van der Waals surface area contributed by atoms with Crippen LogP contribution in [0.5, 0.6) is 5.75 Å². The fraction of sp³-hybridized carbons (Fsp3) is 0.643. The molecule has 3 N–H and O–H groups in total. The maximum Gasteiger partial charge on any atom is 0.142 e. The molecule has 4 heteroatoms. The van der Waals surface area contributed by atoms with Crippen LogP contribution in [0.3, 0.4) is 0 Å². The summed E-state index contributed by atoms with van der Waals surface area (Å²) in [6.45, 7) is 0. The molecule has 100 valence electrons. The standard InChI is InChI=1S/C14H23N3O/c1-18-12-9-6-10-16-14(12)13(17-15)11-7-4-2-3-5-8-11/h6,9-11,13,17H,2-5,7-8,15H2,1H3. The summed E-state index contributed by atoms with van der Waals surface area (Å²) in [5.41, 5.74) is 3.89. The van der Waals surface area contributed by atoms with Gasteiger partial charge in [-0.05, 0) is 30.9 Å². The van der Waals surface area contributed by atoms with E-state index in [9.17, 15) is 0 Å². The summed E-state index contributed by atoms with van der Waals surface area (Å²) in [5, 5.41) is 0. The van der Waals surface area contributed by atoms with Gasteiger partial charge in [0, 0.05) is 6.20 Å². The zero-order valence-electron chi connectivity index (χ0n) is 11.1. The number of nitrogens with zero attached hydrogens (tertiary/aromatic N) is 1. The number of aromatic nitrogens is 1. The second kappa shape index (κ2) is 6.71. The van der Waals surface area contributed by atoms with Gasteiger partial charge in [0.1, 0.15) is 11.4 Å². The quantitative estimate of drug-likeness (QED) is 0.489.